The van der Waals surface area contributed by atoms with E-state index in [9.17, 15) is 14.3 Å². The first-order valence-corrected chi connectivity index (χ1v) is 6.84. The Morgan fingerprint density at radius 3 is 3.00 bits per heavy atom. The lowest BCUT2D eigenvalue weighted by Gasteiger charge is -2.34. The van der Waals surface area contributed by atoms with Crippen molar-refractivity contribution in [1.29, 1.82) is 0 Å². The van der Waals surface area contributed by atoms with Gasteiger partial charge in [-0.1, -0.05) is 18.6 Å². The maximum atomic E-state index is 13.0. The number of likely N-dealkylation sites (tertiary alicyclic amines) is 1. The number of aliphatic hydroxyl groups is 1. The van der Waals surface area contributed by atoms with Gasteiger partial charge in [0.2, 0.25) is 0 Å². The van der Waals surface area contributed by atoms with Crippen molar-refractivity contribution >= 4 is 5.78 Å². The largest absolute Gasteiger partial charge is 0.395 e. The van der Waals surface area contributed by atoms with E-state index >= 15 is 0 Å². The number of carbonyl (C=O) groups is 1. The summed E-state index contributed by atoms with van der Waals surface area (Å²) in [6.45, 7) is 1.72. The molecule has 1 aliphatic heterocycles. The van der Waals surface area contributed by atoms with Crippen LogP contribution in [0.4, 0.5) is 4.39 Å². The van der Waals surface area contributed by atoms with Crippen LogP contribution in [0.1, 0.15) is 36.0 Å². The molecular weight excluding hydrogens is 245 g/mol. The van der Waals surface area contributed by atoms with Crippen LogP contribution in [-0.4, -0.2) is 41.5 Å². The lowest BCUT2D eigenvalue weighted by Crippen LogP contribution is -2.42. The minimum absolute atomic E-state index is 0.0400. The summed E-state index contributed by atoms with van der Waals surface area (Å²) in [4.78, 5) is 14.1. The minimum Gasteiger partial charge on any atom is -0.395 e. The number of hydrogen-bond acceptors (Lipinski definition) is 3. The average Bonchev–Trinajstić information content (AvgIpc) is 2.45. The maximum Gasteiger partial charge on any atom is 0.164 e. The van der Waals surface area contributed by atoms with Crippen LogP contribution in [0.2, 0.25) is 0 Å². The van der Waals surface area contributed by atoms with E-state index in [0.717, 1.165) is 25.8 Å². The summed E-state index contributed by atoms with van der Waals surface area (Å²) in [6, 6.07) is 5.99. The summed E-state index contributed by atoms with van der Waals surface area (Å²) in [5.74, 6) is -0.418. The average molecular weight is 265 g/mol. The smallest absolute Gasteiger partial charge is 0.164 e. The summed E-state index contributed by atoms with van der Waals surface area (Å²) >= 11 is 0. The second kappa shape index (κ2) is 6.78. The lowest BCUT2D eigenvalue weighted by molar-refractivity contribution is 0.0793. The van der Waals surface area contributed by atoms with Crippen LogP contribution in [0.25, 0.3) is 0 Å². The SMILES string of the molecule is O=C(CCN1CCCCC1CO)c1cccc(F)c1. The summed E-state index contributed by atoms with van der Waals surface area (Å²) in [5, 5.41) is 9.30. The van der Waals surface area contributed by atoms with E-state index in [1.165, 1.54) is 12.1 Å². The monoisotopic (exact) mass is 265 g/mol. The van der Waals surface area contributed by atoms with Gasteiger partial charge in [0.25, 0.3) is 0 Å². The predicted molar refractivity (Wildman–Crippen MR) is 71.6 cm³/mol. The molecule has 3 nitrogen and oxygen atoms in total. The molecule has 104 valence electrons. The third-order valence-corrected chi connectivity index (χ3v) is 3.73. The van der Waals surface area contributed by atoms with Crippen LogP contribution in [0.15, 0.2) is 24.3 Å². The molecule has 4 heteroatoms. The molecule has 0 radical (unpaired) electrons. The lowest BCUT2D eigenvalue weighted by atomic mass is 10.0. The van der Waals surface area contributed by atoms with Crippen LogP contribution in [0.3, 0.4) is 0 Å². The fourth-order valence-corrected chi connectivity index (χ4v) is 2.61. The van der Waals surface area contributed by atoms with Crippen LogP contribution in [-0.2, 0) is 0 Å². The maximum absolute atomic E-state index is 13.0. The Morgan fingerprint density at radius 2 is 2.26 bits per heavy atom. The van der Waals surface area contributed by atoms with E-state index in [-0.39, 0.29) is 24.2 Å². The van der Waals surface area contributed by atoms with Crippen LogP contribution in [0, 0.1) is 5.82 Å². The first-order chi connectivity index (χ1) is 9.20. The fourth-order valence-electron chi connectivity index (χ4n) is 2.61. The first-order valence-electron chi connectivity index (χ1n) is 6.84. The van der Waals surface area contributed by atoms with Crippen LogP contribution >= 0.6 is 0 Å². The number of piperidine rings is 1. The van der Waals surface area contributed by atoms with Gasteiger partial charge in [0.15, 0.2) is 5.78 Å². The van der Waals surface area contributed by atoms with E-state index in [0.29, 0.717) is 18.5 Å². The standard InChI is InChI=1S/C15H20FNO2/c16-13-5-3-4-12(10-13)15(19)7-9-17-8-2-1-6-14(17)11-18/h3-5,10,14,18H,1-2,6-9,11H2. The quantitative estimate of drug-likeness (QED) is 0.830. The molecule has 0 aliphatic carbocycles. The van der Waals surface area contributed by atoms with Crippen LogP contribution < -0.4 is 0 Å². The van der Waals surface area contributed by atoms with E-state index in [2.05, 4.69) is 4.90 Å². The molecule has 1 saturated heterocycles. The molecule has 1 aromatic carbocycles. The molecule has 1 aliphatic rings. The highest BCUT2D eigenvalue weighted by Gasteiger charge is 2.22. The van der Waals surface area contributed by atoms with Gasteiger partial charge in [0, 0.05) is 24.6 Å². The van der Waals surface area contributed by atoms with Crippen molar-refractivity contribution in [2.24, 2.45) is 0 Å². The van der Waals surface area contributed by atoms with Crippen molar-refractivity contribution in [3.63, 3.8) is 0 Å². The number of Topliss-reactive ketones (excluding diaryl/α,β-unsaturated/α-hetero) is 1. The Bertz CT molecular complexity index is 436. The second-order valence-electron chi connectivity index (χ2n) is 5.05. The molecule has 1 fully saturated rings. The number of benzene rings is 1. The molecule has 0 spiro atoms. The Hall–Kier alpha value is -1.26. The summed E-state index contributed by atoms with van der Waals surface area (Å²) in [7, 11) is 0. The normalized spacial score (nSPS) is 20.4. The van der Waals surface area contributed by atoms with Gasteiger partial charge in [-0.15, -0.1) is 0 Å². The minimum atomic E-state index is -0.378. The van der Waals surface area contributed by atoms with Gasteiger partial charge in [0.1, 0.15) is 5.82 Å². The molecule has 2 rings (SSSR count). The first kappa shape index (κ1) is 14.2. The van der Waals surface area contributed by atoms with Crippen molar-refractivity contribution in [1.82, 2.24) is 4.90 Å². The van der Waals surface area contributed by atoms with Gasteiger partial charge in [-0.2, -0.15) is 0 Å². The van der Waals surface area contributed by atoms with Gasteiger partial charge < -0.3 is 5.11 Å². The number of hydrogen-bond donors (Lipinski definition) is 1. The second-order valence-corrected chi connectivity index (χ2v) is 5.05. The van der Waals surface area contributed by atoms with Gasteiger partial charge in [0.05, 0.1) is 6.61 Å². The molecule has 1 unspecified atom stereocenters. The van der Waals surface area contributed by atoms with E-state index in [4.69, 9.17) is 0 Å². The van der Waals surface area contributed by atoms with E-state index in [1.807, 2.05) is 0 Å². The summed E-state index contributed by atoms with van der Waals surface area (Å²) < 4.78 is 13.0. The zero-order valence-electron chi connectivity index (χ0n) is 11.0. The molecule has 1 atom stereocenters. The van der Waals surface area contributed by atoms with Crippen molar-refractivity contribution in [2.75, 3.05) is 19.7 Å². The number of carbonyl (C=O) groups excluding carboxylic acids is 1. The van der Waals surface area contributed by atoms with E-state index in [1.54, 1.807) is 12.1 Å². The Labute approximate surface area is 113 Å². The molecule has 0 saturated carbocycles. The predicted octanol–water partition coefficient (Wildman–Crippen LogP) is 2.25. The Kier molecular flexibility index (Phi) is 5.05. The van der Waals surface area contributed by atoms with Crippen molar-refractivity contribution in [3.05, 3.63) is 35.6 Å². The Balaban J connectivity index is 1.89. The van der Waals surface area contributed by atoms with E-state index < -0.39 is 0 Å². The Morgan fingerprint density at radius 1 is 1.42 bits per heavy atom. The molecule has 0 aromatic heterocycles. The fraction of sp³-hybridized carbons (Fsp3) is 0.533. The molecule has 1 heterocycles. The van der Waals surface area contributed by atoms with Gasteiger partial charge in [-0.25, -0.2) is 4.39 Å². The zero-order valence-corrected chi connectivity index (χ0v) is 11.0. The highest BCUT2D eigenvalue weighted by Crippen LogP contribution is 2.17. The number of aliphatic hydroxyl groups excluding tert-OH is 1. The van der Waals surface area contributed by atoms with Crippen molar-refractivity contribution in [3.8, 4) is 0 Å². The van der Waals surface area contributed by atoms with Crippen molar-refractivity contribution in [2.45, 2.75) is 31.7 Å². The van der Waals surface area contributed by atoms with Crippen LogP contribution in [0.5, 0.6) is 0 Å². The highest BCUT2D eigenvalue weighted by atomic mass is 19.1. The number of rotatable bonds is 5. The van der Waals surface area contributed by atoms with Gasteiger partial charge in [-0.05, 0) is 31.5 Å². The topological polar surface area (TPSA) is 40.5 Å². The third kappa shape index (κ3) is 3.85. The number of ketones is 1. The number of nitrogens with zero attached hydrogens (tertiary/aromatic N) is 1. The van der Waals surface area contributed by atoms with Crippen molar-refractivity contribution < 1.29 is 14.3 Å². The number of halogens is 1. The summed E-state index contributed by atoms with van der Waals surface area (Å²) in [6.07, 6.45) is 3.62. The molecule has 19 heavy (non-hydrogen) atoms. The molecular formula is C15H20FNO2. The van der Waals surface area contributed by atoms with Gasteiger partial charge >= 0.3 is 0 Å². The summed E-state index contributed by atoms with van der Waals surface area (Å²) in [5.41, 5.74) is 0.428. The third-order valence-electron chi connectivity index (χ3n) is 3.73. The molecule has 0 bridgehead atoms. The molecule has 1 N–H and O–H groups in total. The molecule has 0 amide bonds. The molecule has 1 aromatic rings. The highest BCUT2D eigenvalue weighted by molar-refractivity contribution is 5.96. The van der Waals surface area contributed by atoms with Gasteiger partial charge in [-0.3, -0.25) is 9.69 Å². The zero-order chi connectivity index (χ0) is 13.7.